The number of anilines is 2. The van der Waals surface area contributed by atoms with E-state index in [1.807, 2.05) is 25.1 Å². The normalized spacial score (nSPS) is 13.0. The molecular formula is C29H26FN3O4S. The summed E-state index contributed by atoms with van der Waals surface area (Å²) in [6, 6.07) is 17.4. The lowest BCUT2D eigenvalue weighted by Crippen LogP contribution is -2.14. The predicted octanol–water partition coefficient (Wildman–Crippen LogP) is 5.66. The van der Waals surface area contributed by atoms with Crippen molar-refractivity contribution in [2.75, 3.05) is 30.6 Å². The number of halogens is 1. The summed E-state index contributed by atoms with van der Waals surface area (Å²) >= 11 is 1.50. The lowest BCUT2D eigenvalue weighted by molar-refractivity contribution is -0.115. The second-order valence-corrected chi connectivity index (χ2v) is 10.2. The van der Waals surface area contributed by atoms with E-state index in [2.05, 4.69) is 35.5 Å². The summed E-state index contributed by atoms with van der Waals surface area (Å²) in [6.07, 6.45) is 2.00. The van der Waals surface area contributed by atoms with E-state index < -0.39 is 0 Å². The summed E-state index contributed by atoms with van der Waals surface area (Å²) in [4.78, 5) is 30.6. The fraction of sp³-hybridized carbons (Fsp3) is 0.207. The second-order valence-electron chi connectivity index (χ2n) is 9.02. The summed E-state index contributed by atoms with van der Waals surface area (Å²) in [5, 5.41) is 3.56. The maximum atomic E-state index is 12.5. The maximum absolute atomic E-state index is 12.5. The first-order valence-electron chi connectivity index (χ1n) is 12.1. The molecule has 194 valence electrons. The van der Waals surface area contributed by atoms with E-state index in [-0.39, 0.29) is 24.9 Å². The Morgan fingerprint density at radius 1 is 1.11 bits per heavy atom. The van der Waals surface area contributed by atoms with E-state index in [4.69, 9.17) is 14.5 Å². The van der Waals surface area contributed by atoms with Crippen LogP contribution in [0.25, 0.3) is 11.3 Å². The number of carbonyl (C=O) groups excluding carboxylic acids is 2. The highest BCUT2D eigenvalue weighted by molar-refractivity contribution is 7.16. The molecule has 0 fully saturated rings. The van der Waals surface area contributed by atoms with E-state index in [0.29, 0.717) is 22.7 Å². The number of fused-ring (bicyclic) bond motifs is 2. The minimum absolute atomic E-state index is 0.0975. The molecule has 0 spiro atoms. The fourth-order valence-electron chi connectivity index (χ4n) is 4.37. The molecular weight excluding hydrogens is 505 g/mol. The van der Waals surface area contributed by atoms with Crippen molar-refractivity contribution in [2.45, 2.75) is 19.8 Å². The average molecular weight is 532 g/mol. The zero-order valence-corrected chi connectivity index (χ0v) is 21.8. The van der Waals surface area contributed by atoms with Crippen LogP contribution in [0.1, 0.15) is 26.4 Å². The van der Waals surface area contributed by atoms with Crippen LogP contribution >= 0.6 is 11.3 Å². The molecule has 1 amide bonds. The van der Waals surface area contributed by atoms with Crippen molar-refractivity contribution in [3.05, 3.63) is 88.0 Å². The Morgan fingerprint density at radius 2 is 1.89 bits per heavy atom. The van der Waals surface area contributed by atoms with Crippen molar-refractivity contribution in [3.8, 4) is 22.8 Å². The summed E-state index contributed by atoms with van der Waals surface area (Å²) in [6.45, 7) is 3.32. The van der Waals surface area contributed by atoms with Gasteiger partial charge >= 0.3 is 0 Å². The molecule has 2 aliphatic heterocycles. The van der Waals surface area contributed by atoms with Gasteiger partial charge in [0, 0.05) is 35.3 Å². The first-order valence-corrected chi connectivity index (χ1v) is 12.9. The minimum atomic E-state index is -0.319. The van der Waals surface area contributed by atoms with Crippen molar-refractivity contribution in [3.63, 3.8) is 0 Å². The van der Waals surface area contributed by atoms with Crippen LogP contribution < -0.4 is 19.7 Å². The Bertz CT molecular complexity index is 1490. The Balaban J connectivity index is 0.000000278. The van der Waals surface area contributed by atoms with E-state index >= 15 is 0 Å². The number of hydrogen-bond acceptors (Lipinski definition) is 7. The number of nitrogens with zero attached hydrogens (tertiary/aromatic N) is 2. The van der Waals surface area contributed by atoms with E-state index in [0.717, 1.165) is 40.4 Å². The van der Waals surface area contributed by atoms with Gasteiger partial charge in [-0.15, -0.1) is 11.3 Å². The van der Waals surface area contributed by atoms with Gasteiger partial charge in [0.05, 0.1) is 12.1 Å². The number of benzene rings is 3. The third-order valence-corrected chi connectivity index (χ3v) is 7.22. The number of aromatic nitrogens is 1. The molecule has 9 heteroatoms. The molecule has 2 aliphatic rings. The van der Waals surface area contributed by atoms with Gasteiger partial charge in [-0.3, -0.25) is 9.59 Å². The standard InChI is InChI=1S/C22H21N3O3S.C7H5FO/c1-13-21(16-4-5-17-15(11-16)7-8-25(17)2)24-22(29-13)23-20(26)10-14-3-6-18-19(9-14)28-12-27-18;8-7-3-1-6(5-9)2-4-7/h3-6,9,11H,7-8,10,12H2,1-2H3,(H,23,24,26);1-5H. The Morgan fingerprint density at radius 3 is 2.68 bits per heavy atom. The lowest BCUT2D eigenvalue weighted by atomic mass is 10.1. The molecule has 1 N–H and O–H groups in total. The summed E-state index contributed by atoms with van der Waals surface area (Å²) in [7, 11) is 2.12. The van der Waals surface area contributed by atoms with Gasteiger partial charge in [0.25, 0.3) is 0 Å². The van der Waals surface area contributed by atoms with Crippen LogP contribution in [0.4, 0.5) is 15.2 Å². The molecule has 0 radical (unpaired) electrons. The average Bonchev–Trinajstić information content (AvgIpc) is 3.63. The molecule has 1 aromatic heterocycles. The van der Waals surface area contributed by atoms with Crippen LogP contribution in [0.3, 0.4) is 0 Å². The fourth-order valence-corrected chi connectivity index (χ4v) is 5.22. The molecule has 3 heterocycles. The highest BCUT2D eigenvalue weighted by Gasteiger charge is 2.19. The highest BCUT2D eigenvalue weighted by Crippen LogP contribution is 2.36. The monoisotopic (exact) mass is 531 g/mol. The number of likely N-dealkylation sites (N-methyl/N-ethyl adjacent to an activating group) is 1. The number of nitrogens with one attached hydrogen (secondary N) is 1. The summed E-state index contributed by atoms with van der Waals surface area (Å²) in [5.74, 6) is 0.986. The van der Waals surface area contributed by atoms with Gasteiger partial charge < -0.3 is 19.7 Å². The van der Waals surface area contributed by atoms with Crippen molar-refractivity contribution in [2.24, 2.45) is 0 Å². The first kappa shape index (κ1) is 25.4. The molecule has 0 atom stereocenters. The SMILES string of the molecule is Cc1sc(NC(=O)Cc2ccc3c(c2)OCO3)nc1-c1ccc2c(c1)CCN2C.O=Cc1ccc(F)cc1. The van der Waals surface area contributed by atoms with E-state index in [1.165, 1.54) is 46.9 Å². The first-order chi connectivity index (χ1) is 18.4. The van der Waals surface area contributed by atoms with Gasteiger partial charge in [-0.25, -0.2) is 9.37 Å². The predicted molar refractivity (Wildman–Crippen MR) is 146 cm³/mol. The van der Waals surface area contributed by atoms with Gasteiger partial charge in [0.1, 0.15) is 12.1 Å². The van der Waals surface area contributed by atoms with Crippen molar-refractivity contribution < 1.29 is 23.5 Å². The second kappa shape index (κ2) is 11.0. The number of ether oxygens (including phenoxy) is 2. The summed E-state index contributed by atoms with van der Waals surface area (Å²) in [5.41, 5.74) is 6.05. The van der Waals surface area contributed by atoms with Crippen molar-refractivity contribution in [1.82, 2.24) is 4.98 Å². The van der Waals surface area contributed by atoms with E-state index in [1.54, 1.807) is 0 Å². The van der Waals surface area contributed by atoms with Crippen LogP contribution in [0.5, 0.6) is 11.5 Å². The van der Waals surface area contributed by atoms with Crippen LogP contribution in [0, 0.1) is 12.7 Å². The lowest BCUT2D eigenvalue weighted by Gasteiger charge is -2.11. The Labute approximate surface area is 223 Å². The maximum Gasteiger partial charge on any atom is 0.231 e. The largest absolute Gasteiger partial charge is 0.454 e. The van der Waals surface area contributed by atoms with Crippen LogP contribution in [-0.4, -0.2) is 37.6 Å². The van der Waals surface area contributed by atoms with Gasteiger partial charge in [-0.1, -0.05) is 12.1 Å². The van der Waals surface area contributed by atoms with E-state index in [9.17, 15) is 14.0 Å². The molecule has 38 heavy (non-hydrogen) atoms. The Hall–Kier alpha value is -4.24. The molecule has 0 saturated heterocycles. The number of aryl methyl sites for hydroxylation is 1. The topological polar surface area (TPSA) is 80.8 Å². The molecule has 3 aromatic carbocycles. The molecule has 6 rings (SSSR count). The Kier molecular flexibility index (Phi) is 7.37. The third kappa shape index (κ3) is 5.68. The highest BCUT2D eigenvalue weighted by atomic mass is 32.1. The number of carbonyl (C=O) groups is 2. The number of hydrogen-bond donors (Lipinski definition) is 1. The molecule has 0 aliphatic carbocycles. The molecule has 0 unspecified atom stereocenters. The van der Waals surface area contributed by atoms with Crippen LogP contribution in [-0.2, 0) is 17.6 Å². The number of rotatable bonds is 5. The smallest absolute Gasteiger partial charge is 0.231 e. The molecule has 7 nitrogen and oxygen atoms in total. The third-order valence-electron chi connectivity index (χ3n) is 6.33. The van der Waals surface area contributed by atoms with Crippen LogP contribution in [0.2, 0.25) is 0 Å². The number of amides is 1. The quantitative estimate of drug-likeness (QED) is 0.335. The molecule has 0 bridgehead atoms. The minimum Gasteiger partial charge on any atom is -0.454 e. The van der Waals surface area contributed by atoms with Gasteiger partial charge in [0.2, 0.25) is 12.7 Å². The van der Waals surface area contributed by atoms with Crippen LogP contribution in [0.15, 0.2) is 60.7 Å². The van der Waals surface area contributed by atoms with Crippen molar-refractivity contribution >= 4 is 34.3 Å². The van der Waals surface area contributed by atoms with Gasteiger partial charge in [-0.05, 0) is 73.0 Å². The number of thiazole rings is 1. The van der Waals surface area contributed by atoms with Gasteiger partial charge in [0.15, 0.2) is 16.6 Å². The zero-order valence-electron chi connectivity index (χ0n) is 21.0. The molecule has 4 aromatic rings. The van der Waals surface area contributed by atoms with Crippen molar-refractivity contribution in [1.29, 1.82) is 0 Å². The number of aldehydes is 1. The van der Waals surface area contributed by atoms with Gasteiger partial charge in [-0.2, -0.15) is 0 Å². The summed E-state index contributed by atoms with van der Waals surface area (Å²) < 4.78 is 22.8. The molecule has 0 saturated carbocycles. The zero-order chi connectivity index (χ0) is 26.6.